The number of rotatable bonds is 4. The number of aryl methyl sites for hydroxylation is 1. The Labute approximate surface area is 108 Å². The maximum Gasteiger partial charge on any atom is 0.251 e. The van der Waals surface area contributed by atoms with Gasteiger partial charge in [-0.15, -0.1) is 0 Å². The zero-order chi connectivity index (χ0) is 13.0. The highest BCUT2D eigenvalue weighted by atomic mass is 16.3. The van der Waals surface area contributed by atoms with Crippen LogP contribution in [0.1, 0.15) is 42.1 Å². The van der Waals surface area contributed by atoms with Crippen LogP contribution in [0.4, 0.5) is 0 Å². The topological polar surface area (TPSA) is 49.3 Å². The van der Waals surface area contributed by atoms with Gasteiger partial charge in [-0.25, -0.2) is 0 Å². The Morgan fingerprint density at radius 3 is 2.83 bits per heavy atom. The molecule has 0 saturated heterocycles. The minimum atomic E-state index is -0.244. The first-order valence-corrected chi connectivity index (χ1v) is 6.76. The van der Waals surface area contributed by atoms with Gasteiger partial charge in [0.25, 0.3) is 5.91 Å². The van der Waals surface area contributed by atoms with Gasteiger partial charge in [-0.05, 0) is 30.9 Å². The Balaban J connectivity index is 1.95. The fourth-order valence-corrected chi connectivity index (χ4v) is 2.62. The van der Waals surface area contributed by atoms with Gasteiger partial charge in [-0.2, -0.15) is 0 Å². The molecule has 3 nitrogen and oxygen atoms in total. The Kier molecular flexibility index (Phi) is 4.37. The van der Waals surface area contributed by atoms with Crippen LogP contribution in [-0.4, -0.2) is 23.7 Å². The molecule has 1 aromatic carbocycles. The van der Waals surface area contributed by atoms with Crippen LogP contribution in [0.3, 0.4) is 0 Å². The van der Waals surface area contributed by atoms with Crippen molar-refractivity contribution >= 4 is 5.91 Å². The van der Waals surface area contributed by atoms with Gasteiger partial charge in [-0.1, -0.05) is 31.5 Å². The first kappa shape index (κ1) is 13.1. The molecule has 3 heteroatoms. The zero-order valence-corrected chi connectivity index (χ0v) is 10.9. The Morgan fingerprint density at radius 1 is 1.39 bits per heavy atom. The number of nitrogens with one attached hydrogen (secondary N) is 1. The van der Waals surface area contributed by atoms with Crippen LogP contribution in [0, 0.1) is 5.92 Å². The van der Waals surface area contributed by atoms with Crippen molar-refractivity contribution in [3.05, 3.63) is 35.4 Å². The molecule has 1 aliphatic carbocycles. The highest BCUT2D eigenvalue weighted by Gasteiger charge is 2.25. The summed E-state index contributed by atoms with van der Waals surface area (Å²) in [4.78, 5) is 12.1. The molecule has 0 aliphatic heterocycles. The quantitative estimate of drug-likeness (QED) is 0.856. The molecule has 1 fully saturated rings. The van der Waals surface area contributed by atoms with Crippen molar-refractivity contribution in [3.8, 4) is 0 Å². The molecule has 0 spiro atoms. The van der Waals surface area contributed by atoms with Crippen molar-refractivity contribution in [3.63, 3.8) is 0 Å². The van der Waals surface area contributed by atoms with Gasteiger partial charge in [-0.3, -0.25) is 4.79 Å². The highest BCUT2D eigenvalue weighted by molar-refractivity contribution is 5.95. The van der Waals surface area contributed by atoms with E-state index in [0.717, 1.165) is 36.8 Å². The maximum absolute atomic E-state index is 12.1. The summed E-state index contributed by atoms with van der Waals surface area (Å²) in [6.45, 7) is 2.63. The van der Waals surface area contributed by atoms with Crippen molar-refractivity contribution in [2.75, 3.05) is 6.54 Å². The fraction of sp³-hybridized carbons (Fsp3) is 0.533. The van der Waals surface area contributed by atoms with Crippen LogP contribution >= 0.6 is 0 Å². The molecule has 2 N–H and O–H groups in total. The molecule has 1 saturated carbocycles. The monoisotopic (exact) mass is 247 g/mol. The molecular formula is C15H21NO2. The Morgan fingerprint density at radius 2 is 2.17 bits per heavy atom. The molecule has 2 rings (SSSR count). The van der Waals surface area contributed by atoms with E-state index in [0.29, 0.717) is 6.54 Å². The summed E-state index contributed by atoms with van der Waals surface area (Å²) >= 11 is 0. The van der Waals surface area contributed by atoms with Crippen molar-refractivity contribution in [2.45, 2.75) is 38.7 Å². The van der Waals surface area contributed by atoms with E-state index < -0.39 is 0 Å². The molecule has 0 aromatic heterocycles. The van der Waals surface area contributed by atoms with Crippen LogP contribution < -0.4 is 5.32 Å². The number of amides is 1. The summed E-state index contributed by atoms with van der Waals surface area (Å²) < 4.78 is 0. The SMILES string of the molecule is CCc1ccccc1C(=O)NCC1CCCC1O. The zero-order valence-electron chi connectivity index (χ0n) is 10.9. The summed E-state index contributed by atoms with van der Waals surface area (Å²) in [7, 11) is 0. The van der Waals surface area contributed by atoms with Gasteiger partial charge < -0.3 is 10.4 Å². The number of hydrogen-bond donors (Lipinski definition) is 2. The molecule has 2 unspecified atom stereocenters. The van der Waals surface area contributed by atoms with Crippen molar-refractivity contribution in [1.29, 1.82) is 0 Å². The molecule has 1 aromatic rings. The third-order valence-electron chi connectivity index (χ3n) is 3.79. The molecule has 2 atom stereocenters. The normalized spacial score (nSPS) is 23.0. The fourth-order valence-electron chi connectivity index (χ4n) is 2.62. The first-order valence-electron chi connectivity index (χ1n) is 6.76. The minimum absolute atomic E-state index is 0.0217. The molecule has 1 aliphatic rings. The molecule has 0 radical (unpaired) electrons. The van der Waals surface area contributed by atoms with Gasteiger partial charge in [0.1, 0.15) is 0 Å². The second kappa shape index (κ2) is 6.01. The number of carbonyl (C=O) groups is 1. The molecular weight excluding hydrogens is 226 g/mol. The largest absolute Gasteiger partial charge is 0.393 e. The third-order valence-corrected chi connectivity index (χ3v) is 3.79. The second-order valence-electron chi connectivity index (χ2n) is 4.98. The standard InChI is InChI=1S/C15H21NO2/c1-2-11-6-3-4-8-13(11)15(18)16-10-12-7-5-9-14(12)17/h3-4,6,8,12,14,17H,2,5,7,9-10H2,1H3,(H,16,18). The van der Waals surface area contributed by atoms with E-state index >= 15 is 0 Å². The summed E-state index contributed by atoms with van der Waals surface area (Å²) in [5.41, 5.74) is 1.83. The van der Waals surface area contributed by atoms with Gasteiger partial charge in [0.2, 0.25) is 0 Å². The van der Waals surface area contributed by atoms with Crippen LogP contribution in [0.5, 0.6) is 0 Å². The van der Waals surface area contributed by atoms with Crippen molar-refractivity contribution in [1.82, 2.24) is 5.32 Å². The van der Waals surface area contributed by atoms with Crippen molar-refractivity contribution in [2.24, 2.45) is 5.92 Å². The van der Waals surface area contributed by atoms with E-state index in [1.54, 1.807) is 0 Å². The van der Waals surface area contributed by atoms with Crippen LogP contribution in [0.25, 0.3) is 0 Å². The smallest absolute Gasteiger partial charge is 0.251 e. The van der Waals surface area contributed by atoms with E-state index in [-0.39, 0.29) is 17.9 Å². The van der Waals surface area contributed by atoms with Gasteiger partial charge in [0.05, 0.1) is 6.10 Å². The molecule has 1 amide bonds. The number of aliphatic hydroxyl groups excluding tert-OH is 1. The number of aliphatic hydroxyl groups is 1. The van der Waals surface area contributed by atoms with Crippen LogP contribution in [0.2, 0.25) is 0 Å². The van der Waals surface area contributed by atoms with E-state index in [4.69, 9.17) is 0 Å². The number of benzene rings is 1. The van der Waals surface area contributed by atoms with Gasteiger partial charge >= 0.3 is 0 Å². The minimum Gasteiger partial charge on any atom is -0.393 e. The molecule has 0 bridgehead atoms. The lowest BCUT2D eigenvalue weighted by molar-refractivity contribution is 0.0916. The first-order chi connectivity index (χ1) is 8.72. The number of hydrogen-bond acceptors (Lipinski definition) is 2. The van der Waals surface area contributed by atoms with E-state index in [1.165, 1.54) is 0 Å². The predicted octanol–water partition coefficient (Wildman–Crippen LogP) is 2.14. The predicted molar refractivity (Wildman–Crippen MR) is 71.5 cm³/mol. The summed E-state index contributed by atoms with van der Waals surface area (Å²) in [6, 6.07) is 7.69. The van der Waals surface area contributed by atoms with E-state index in [2.05, 4.69) is 5.32 Å². The van der Waals surface area contributed by atoms with Crippen LogP contribution in [-0.2, 0) is 6.42 Å². The van der Waals surface area contributed by atoms with Gasteiger partial charge in [0, 0.05) is 18.0 Å². The molecule has 0 heterocycles. The average Bonchev–Trinajstić information content (AvgIpc) is 2.81. The summed E-state index contributed by atoms with van der Waals surface area (Å²) in [6.07, 6.45) is 3.55. The highest BCUT2D eigenvalue weighted by Crippen LogP contribution is 2.24. The average molecular weight is 247 g/mol. The molecule has 98 valence electrons. The lowest BCUT2D eigenvalue weighted by Gasteiger charge is -2.15. The third kappa shape index (κ3) is 2.91. The van der Waals surface area contributed by atoms with E-state index in [1.807, 2.05) is 31.2 Å². The van der Waals surface area contributed by atoms with Crippen molar-refractivity contribution < 1.29 is 9.90 Å². The van der Waals surface area contributed by atoms with Crippen LogP contribution in [0.15, 0.2) is 24.3 Å². The lowest BCUT2D eigenvalue weighted by atomic mass is 10.0. The Hall–Kier alpha value is -1.35. The Bertz CT molecular complexity index is 417. The maximum atomic E-state index is 12.1. The summed E-state index contributed by atoms with van der Waals surface area (Å²) in [5, 5.41) is 12.7. The second-order valence-corrected chi connectivity index (χ2v) is 4.98. The van der Waals surface area contributed by atoms with E-state index in [9.17, 15) is 9.90 Å². The molecule has 18 heavy (non-hydrogen) atoms. The lowest BCUT2D eigenvalue weighted by Crippen LogP contribution is -2.32. The van der Waals surface area contributed by atoms with Gasteiger partial charge in [0.15, 0.2) is 0 Å². The number of carbonyl (C=O) groups excluding carboxylic acids is 1. The summed E-state index contributed by atoms with van der Waals surface area (Å²) in [5.74, 6) is 0.203.